The molecule has 1 aromatic carbocycles. The van der Waals surface area contributed by atoms with Gasteiger partial charge in [0.05, 0.1) is 24.2 Å². The van der Waals surface area contributed by atoms with E-state index in [0.29, 0.717) is 0 Å². The summed E-state index contributed by atoms with van der Waals surface area (Å²) in [5.41, 5.74) is 10.9. The fourth-order valence-corrected chi connectivity index (χ4v) is 2.84. The summed E-state index contributed by atoms with van der Waals surface area (Å²) in [6.07, 6.45) is 3.26. The number of aryl methyl sites for hydroxylation is 1. The highest BCUT2D eigenvalue weighted by atomic mass is 16.5. The number of rotatable bonds is 2. The van der Waals surface area contributed by atoms with Gasteiger partial charge in [-0.15, -0.1) is 0 Å². The fourth-order valence-electron chi connectivity index (χ4n) is 2.84. The van der Waals surface area contributed by atoms with Crippen molar-refractivity contribution in [3.8, 4) is 11.4 Å². The van der Waals surface area contributed by atoms with Crippen molar-refractivity contribution in [2.75, 3.05) is 7.11 Å². The monoisotopic (exact) mass is 257 g/mol. The van der Waals surface area contributed by atoms with E-state index in [1.165, 1.54) is 5.56 Å². The van der Waals surface area contributed by atoms with Crippen LogP contribution in [0.25, 0.3) is 5.69 Å². The third kappa shape index (κ3) is 2.02. The quantitative estimate of drug-likeness (QED) is 0.899. The van der Waals surface area contributed by atoms with Gasteiger partial charge in [0.2, 0.25) is 0 Å². The molecule has 1 aliphatic carbocycles. The Kier molecular flexibility index (Phi) is 3.03. The number of aromatic nitrogens is 2. The lowest BCUT2D eigenvalue weighted by Gasteiger charge is -2.21. The lowest BCUT2D eigenvalue weighted by atomic mass is 9.92. The van der Waals surface area contributed by atoms with Crippen LogP contribution >= 0.6 is 0 Å². The maximum atomic E-state index is 6.28. The third-order valence-corrected chi connectivity index (χ3v) is 3.82. The van der Waals surface area contributed by atoms with E-state index < -0.39 is 0 Å². The minimum atomic E-state index is 0.0798. The summed E-state index contributed by atoms with van der Waals surface area (Å²) in [5, 5.41) is 4.67. The summed E-state index contributed by atoms with van der Waals surface area (Å²) in [6.45, 7) is 2.06. The van der Waals surface area contributed by atoms with Gasteiger partial charge in [-0.2, -0.15) is 5.10 Å². The predicted molar refractivity (Wildman–Crippen MR) is 74.7 cm³/mol. The molecule has 0 saturated heterocycles. The maximum absolute atomic E-state index is 6.28. The second kappa shape index (κ2) is 4.70. The molecule has 0 radical (unpaired) electrons. The Morgan fingerprint density at radius 1 is 1.42 bits per heavy atom. The molecule has 0 amide bonds. The van der Waals surface area contributed by atoms with Crippen molar-refractivity contribution in [2.45, 2.75) is 32.2 Å². The number of ether oxygens (including phenoxy) is 1. The second-order valence-electron chi connectivity index (χ2n) is 5.06. The molecule has 1 atom stereocenters. The summed E-state index contributed by atoms with van der Waals surface area (Å²) in [5.74, 6) is 0.837. The Balaban J connectivity index is 2.15. The molecule has 0 aliphatic heterocycles. The minimum absolute atomic E-state index is 0.0798. The summed E-state index contributed by atoms with van der Waals surface area (Å²) < 4.78 is 7.26. The van der Waals surface area contributed by atoms with Gasteiger partial charge in [0.15, 0.2) is 0 Å². The van der Waals surface area contributed by atoms with E-state index in [0.717, 1.165) is 42.1 Å². The van der Waals surface area contributed by atoms with Gasteiger partial charge in [0.1, 0.15) is 5.75 Å². The molecular formula is C15H19N3O. The van der Waals surface area contributed by atoms with Gasteiger partial charge in [0, 0.05) is 12.1 Å². The summed E-state index contributed by atoms with van der Waals surface area (Å²) >= 11 is 0. The van der Waals surface area contributed by atoms with E-state index in [2.05, 4.69) is 12.0 Å². The van der Waals surface area contributed by atoms with Crippen molar-refractivity contribution >= 4 is 0 Å². The van der Waals surface area contributed by atoms with E-state index in [4.69, 9.17) is 10.5 Å². The Morgan fingerprint density at radius 3 is 3.05 bits per heavy atom. The molecule has 4 nitrogen and oxygen atoms in total. The van der Waals surface area contributed by atoms with E-state index in [1.54, 1.807) is 7.11 Å². The predicted octanol–water partition coefficient (Wildman–Crippen LogP) is 2.53. The lowest BCUT2D eigenvalue weighted by molar-refractivity contribution is 0.414. The first-order valence-corrected chi connectivity index (χ1v) is 6.69. The summed E-state index contributed by atoms with van der Waals surface area (Å²) in [6, 6.07) is 8.03. The van der Waals surface area contributed by atoms with Crippen LogP contribution in [0.3, 0.4) is 0 Å². The standard InChI is InChI=1S/C15H19N3O/c1-10-13-7-4-8-14(16)15(13)18(17-10)11-5-3-6-12(9-11)19-2/h3,5-6,9,14H,4,7-8,16H2,1-2H3. The molecule has 3 rings (SSSR count). The van der Waals surface area contributed by atoms with Crippen LogP contribution in [0.1, 0.15) is 35.8 Å². The normalized spacial score (nSPS) is 18.2. The lowest BCUT2D eigenvalue weighted by Crippen LogP contribution is -2.20. The molecule has 2 aromatic rings. The van der Waals surface area contributed by atoms with Crippen molar-refractivity contribution < 1.29 is 4.74 Å². The van der Waals surface area contributed by atoms with E-state index in [9.17, 15) is 0 Å². The molecule has 0 bridgehead atoms. The third-order valence-electron chi connectivity index (χ3n) is 3.82. The van der Waals surface area contributed by atoms with Gasteiger partial charge >= 0.3 is 0 Å². The average Bonchev–Trinajstić information content (AvgIpc) is 2.78. The van der Waals surface area contributed by atoms with Crippen LogP contribution in [-0.4, -0.2) is 16.9 Å². The smallest absolute Gasteiger partial charge is 0.121 e. The molecule has 1 aliphatic rings. The number of nitrogens with two attached hydrogens (primary N) is 1. The Labute approximate surface area is 113 Å². The molecule has 1 unspecified atom stereocenters. The molecule has 1 heterocycles. The van der Waals surface area contributed by atoms with E-state index >= 15 is 0 Å². The van der Waals surface area contributed by atoms with Crippen LogP contribution in [0.4, 0.5) is 0 Å². The highest BCUT2D eigenvalue weighted by molar-refractivity contribution is 5.43. The number of hydrogen-bond acceptors (Lipinski definition) is 3. The Morgan fingerprint density at radius 2 is 2.26 bits per heavy atom. The van der Waals surface area contributed by atoms with E-state index in [-0.39, 0.29) is 6.04 Å². The first-order chi connectivity index (χ1) is 9.20. The molecule has 1 aromatic heterocycles. The minimum Gasteiger partial charge on any atom is -0.497 e. The zero-order valence-corrected chi connectivity index (χ0v) is 11.4. The highest BCUT2D eigenvalue weighted by Gasteiger charge is 2.25. The van der Waals surface area contributed by atoms with Crippen molar-refractivity contribution in [1.82, 2.24) is 9.78 Å². The SMILES string of the molecule is COc1cccc(-n2nc(C)c3c2C(N)CCC3)c1. The summed E-state index contributed by atoms with van der Waals surface area (Å²) in [7, 11) is 1.68. The number of methoxy groups -OCH3 is 1. The number of hydrogen-bond donors (Lipinski definition) is 1. The van der Waals surface area contributed by atoms with Crippen LogP contribution in [-0.2, 0) is 6.42 Å². The molecule has 0 saturated carbocycles. The largest absolute Gasteiger partial charge is 0.497 e. The second-order valence-corrected chi connectivity index (χ2v) is 5.06. The molecular weight excluding hydrogens is 238 g/mol. The van der Waals surface area contributed by atoms with Crippen LogP contribution in [0.2, 0.25) is 0 Å². The molecule has 100 valence electrons. The highest BCUT2D eigenvalue weighted by Crippen LogP contribution is 2.32. The molecule has 2 N–H and O–H groups in total. The van der Waals surface area contributed by atoms with Crippen molar-refractivity contribution in [1.29, 1.82) is 0 Å². The van der Waals surface area contributed by atoms with Crippen molar-refractivity contribution in [3.63, 3.8) is 0 Å². The topological polar surface area (TPSA) is 53.1 Å². The summed E-state index contributed by atoms with van der Waals surface area (Å²) in [4.78, 5) is 0. The van der Waals surface area contributed by atoms with Gasteiger partial charge in [-0.05, 0) is 43.9 Å². The molecule has 19 heavy (non-hydrogen) atoms. The van der Waals surface area contributed by atoms with Gasteiger partial charge in [-0.3, -0.25) is 0 Å². The number of benzene rings is 1. The molecule has 0 spiro atoms. The first-order valence-electron chi connectivity index (χ1n) is 6.69. The zero-order chi connectivity index (χ0) is 13.4. The fraction of sp³-hybridized carbons (Fsp3) is 0.400. The average molecular weight is 257 g/mol. The van der Waals surface area contributed by atoms with Crippen LogP contribution < -0.4 is 10.5 Å². The molecule has 4 heteroatoms. The van der Waals surface area contributed by atoms with Crippen molar-refractivity contribution in [2.24, 2.45) is 5.73 Å². The maximum Gasteiger partial charge on any atom is 0.121 e. The number of nitrogens with zero attached hydrogens (tertiary/aromatic N) is 2. The van der Waals surface area contributed by atoms with Gasteiger partial charge < -0.3 is 10.5 Å². The van der Waals surface area contributed by atoms with Gasteiger partial charge in [-0.1, -0.05) is 6.07 Å². The van der Waals surface area contributed by atoms with Crippen LogP contribution in [0.5, 0.6) is 5.75 Å². The first kappa shape index (κ1) is 12.2. The Hall–Kier alpha value is -1.81. The van der Waals surface area contributed by atoms with Crippen LogP contribution in [0, 0.1) is 6.92 Å². The zero-order valence-electron chi connectivity index (χ0n) is 11.4. The number of fused-ring (bicyclic) bond motifs is 1. The van der Waals surface area contributed by atoms with Crippen molar-refractivity contribution in [3.05, 3.63) is 41.2 Å². The van der Waals surface area contributed by atoms with Gasteiger partial charge in [-0.25, -0.2) is 4.68 Å². The van der Waals surface area contributed by atoms with Crippen LogP contribution in [0.15, 0.2) is 24.3 Å². The van der Waals surface area contributed by atoms with Gasteiger partial charge in [0.25, 0.3) is 0 Å². The molecule has 0 fully saturated rings. The van der Waals surface area contributed by atoms with E-state index in [1.807, 2.05) is 28.9 Å². The Bertz CT molecular complexity index is 603.